The lowest BCUT2D eigenvalue weighted by molar-refractivity contribution is -0.124. The van der Waals surface area contributed by atoms with Gasteiger partial charge in [-0.25, -0.2) is 0 Å². The third-order valence-corrected chi connectivity index (χ3v) is 6.49. The van der Waals surface area contributed by atoms with Crippen LogP contribution in [-0.4, -0.2) is 55.4 Å². The number of thiophene rings is 1. The number of nitrogens with zero attached hydrogens (tertiary/aromatic N) is 1. The zero-order valence-electron chi connectivity index (χ0n) is 18.8. The third kappa shape index (κ3) is 6.09. The van der Waals surface area contributed by atoms with Crippen LogP contribution in [0.4, 0.5) is 0 Å². The molecule has 1 aliphatic rings. The minimum atomic E-state index is -0.651. The molecule has 32 heavy (non-hydrogen) atoms. The SMILES string of the molecule is COc1ccc(C(=O)NC(C(=O)NCC(C)C)C2CCN(C(=O)c3cccs3)CC2)cc1. The molecule has 0 radical (unpaired) electrons. The standard InChI is InChI=1S/C24H31N3O4S/c1-16(2)15-25-23(29)21(26-22(28)18-6-8-19(31-3)9-7-18)17-10-12-27(13-11-17)24(30)20-5-4-14-32-20/h4-9,14,16-17,21H,10-13,15H2,1-3H3,(H,25,29)(H,26,28). The van der Waals surface area contributed by atoms with E-state index in [4.69, 9.17) is 4.74 Å². The van der Waals surface area contributed by atoms with Gasteiger partial charge in [-0.2, -0.15) is 0 Å². The molecule has 2 N–H and O–H groups in total. The van der Waals surface area contributed by atoms with Gasteiger partial charge < -0.3 is 20.3 Å². The van der Waals surface area contributed by atoms with Crippen LogP contribution in [-0.2, 0) is 4.79 Å². The highest BCUT2D eigenvalue weighted by Gasteiger charge is 2.34. The number of rotatable bonds is 8. The fourth-order valence-corrected chi connectivity index (χ4v) is 4.46. The molecular formula is C24H31N3O4S. The lowest BCUT2D eigenvalue weighted by Crippen LogP contribution is -2.54. The Balaban J connectivity index is 1.67. The molecule has 0 saturated carbocycles. The minimum absolute atomic E-state index is 0.0292. The zero-order chi connectivity index (χ0) is 23.1. The molecule has 1 aromatic heterocycles. The van der Waals surface area contributed by atoms with Gasteiger partial charge in [-0.15, -0.1) is 11.3 Å². The average Bonchev–Trinajstić information content (AvgIpc) is 3.35. The van der Waals surface area contributed by atoms with Crippen molar-refractivity contribution < 1.29 is 19.1 Å². The van der Waals surface area contributed by atoms with Crippen LogP contribution in [0.15, 0.2) is 41.8 Å². The second-order valence-corrected chi connectivity index (χ2v) is 9.37. The largest absolute Gasteiger partial charge is 0.497 e. The van der Waals surface area contributed by atoms with Gasteiger partial charge >= 0.3 is 0 Å². The van der Waals surface area contributed by atoms with Crippen LogP contribution in [0, 0.1) is 11.8 Å². The van der Waals surface area contributed by atoms with E-state index >= 15 is 0 Å². The highest BCUT2D eigenvalue weighted by Crippen LogP contribution is 2.24. The quantitative estimate of drug-likeness (QED) is 0.637. The molecule has 0 bridgehead atoms. The summed E-state index contributed by atoms with van der Waals surface area (Å²) in [6.45, 7) is 5.73. The molecule has 1 aromatic carbocycles. The van der Waals surface area contributed by atoms with Gasteiger partial charge in [-0.3, -0.25) is 14.4 Å². The van der Waals surface area contributed by atoms with Crippen molar-refractivity contribution >= 4 is 29.1 Å². The minimum Gasteiger partial charge on any atom is -0.497 e. The second kappa shape index (κ2) is 11.1. The smallest absolute Gasteiger partial charge is 0.263 e. The summed E-state index contributed by atoms with van der Waals surface area (Å²) < 4.78 is 5.15. The van der Waals surface area contributed by atoms with E-state index < -0.39 is 6.04 Å². The predicted octanol–water partition coefficient (Wildman–Crippen LogP) is 3.18. The molecular weight excluding hydrogens is 426 g/mol. The summed E-state index contributed by atoms with van der Waals surface area (Å²) in [6, 6.07) is 9.85. The van der Waals surface area contributed by atoms with E-state index in [1.807, 2.05) is 36.3 Å². The van der Waals surface area contributed by atoms with Crippen molar-refractivity contribution in [2.75, 3.05) is 26.7 Å². The first-order chi connectivity index (χ1) is 15.4. The average molecular weight is 458 g/mol. The molecule has 2 aromatic rings. The summed E-state index contributed by atoms with van der Waals surface area (Å²) in [6.07, 6.45) is 1.31. The third-order valence-electron chi connectivity index (χ3n) is 5.64. The topological polar surface area (TPSA) is 87.7 Å². The molecule has 3 rings (SSSR count). The Labute approximate surface area is 193 Å². The first-order valence-corrected chi connectivity index (χ1v) is 11.8. The summed E-state index contributed by atoms with van der Waals surface area (Å²) in [5.74, 6) is 0.481. The highest BCUT2D eigenvalue weighted by molar-refractivity contribution is 7.12. The number of likely N-dealkylation sites (tertiary alicyclic amines) is 1. The summed E-state index contributed by atoms with van der Waals surface area (Å²) in [5, 5.41) is 7.79. The molecule has 0 aliphatic carbocycles. The van der Waals surface area contributed by atoms with Crippen LogP contribution < -0.4 is 15.4 Å². The number of carbonyl (C=O) groups excluding carboxylic acids is 3. The molecule has 1 atom stereocenters. The van der Waals surface area contributed by atoms with Crippen LogP contribution in [0.1, 0.15) is 46.7 Å². The van der Waals surface area contributed by atoms with Gasteiger partial charge in [0.25, 0.3) is 11.8 Å². The Bertz CT molecular complexity index is 904. The number of hydrogen-bond donors (Lipinski definition) is 2. The van der Waals surface area contributed by atoms with E-state index in [-0.39, 0.29) is 23.6 Å². The van der Waals surface area contributed by atoms with Gasteiger partial charge in [0.1, 0.15) is 11.8 Å². The van der Waals surface area contributed by atoms with Crippen LogP contribution in [0.3, 0.4) is 0 Å². The fraction of sp³-hybridized carbons (Fsp3) is 0.458. The number of ether oxygens (including phenoxy) is 1. The number of piperidine rings is 1. The lowest BCUT2D eigenvalue weighted by Gasteiger charge is -2.35. The molecule has 1 saturated heterocycles. The van der Waals surface area contributed by atoms with E-state index in [0.29, 0.717) is 49.7 Å². The molecule has 8 heteroatoms. The van der Waals surface area contributed by atoms with Crippen molar-refractivity contribution in [2.24, 2.45) is 11.8 Å². The molecule has 2 heterocycles. The van der Waals surface area contributed by atoms with Crippen molar-refractivity contribution in [3.8, 4) is 5.75 Å². The molecule has 0 spiro atoms. The van der Waals surface area contributed by atoms with E-state index in [2.05, 4.69) is 10.6 Å². The molecule has 172 valence electrons. The summed E-state index contributed by atoms with van der Waals surface area (Å²) in [5.41, 5.74) is 0.470. The molecule has 1 fully saturated rings. The molecule has 1 unspecified atom stereocenters. The Morgan fingerprint density at radius 3 is 2.38 bits per heavy atom. The van der Waals surface area contributed by atoms with Crippen molar-refractivity contribution in [1.82, 2.24) is 15.5 Å². The van der Waals surface area contributed by atoms with Crippen molar-refractivity contribution in [2.45, 2.75) is 32.7 Å². The number of amides is 3. The lowest BCUT2D eigenvalue weighted by atomic mass is 9.88. The Hall–Kier alpha value is -2.87. The Morgan fingerprint density at radius 1 is 1.12 bits per heavy atom. The Kier molecular flexibility index (Phi) is 8.27. The van der Waals surface area contributed by atoms with Gasteiger partial charge in [0.05, 0.1) is 12.0 Å². The second-order valence-electron chi connectivity index (χ2n) is 8.43. The van der Waals surface area contributed by atoms with Crippen molar-refractivity contribution in [3.63, 3.8) is 0 Å². The maximum atomic E-state index is 13.0. The normalized spacial score (nSPS) is 15.3. The van der Waals surface area contributed by atoms with Gasteiger partial charge in [0.15, 0.2) is 0 Å². The van der Waals surface area contributed by atoms with Crippen LogP contribution in [0.25, 0.3) is 0 Å². The summed E-state index contributed by atoms with van der Waals surface area (Å²) >= 11 is 1.43. The number of hydrogen-bond acceptors (Lipinski definition) is 5. The Morgan fingerprint density at radius 2 is 1.81 bits per heavy atom. The number of nitrogens with one attached hydrogen (secondary N) is 2. The van der Waals surface area contributed by atoms with E-state index in [1.54, 1.807) is 31.4 Å². The van der Waals surface area contributed by atoms with Crippen molar-refractivity contribution in [1.29, 1.82) is 0 Å². The van der Waals surface area contributed by atoms with E-state index in [1.165, 1.54) is 11.3 Å². The van der Waals surface area contributed by atoms with Crippen LogP contribution >= 0.6 is 11.3 Å². The maximum absolute atomic E-state index is 13.0. The predicted molar refractivity (Wildman–Crippen MR) is 125 cm³/mol. The van der Waals surface area contributed by atoms with E-state index in [0.717, 1.165) is 4.88 Å². The molecule has 7 nitrogen and oxygen atoms in total. The molecule has 1 aliphatic heterocycles. The maximum Gasteiger partial charge on any atom is 0.263 e. The first kappa shape index (κ1) is 23.8. The highest BCUT2D eigenvalue weighted by atomic mass is 32.1. The van der Waals surface area contributed by atoms with Gasteiger partial charge in [-0.1, -0.05) is 19.9 Å². The molecule has 3 amide bonds. The summed E-state index contributed by atoms with van der Waals surface area (Å²) in [4.78, 5) is 41.1. The number of carbonyl (C=O) groups is 3. The first-order valence-electron chi connectivity index (χ1n) is 10.9. The monoisotopic (exact) mass is 457 g/mol. The summed E-state index contributed by atoms with van der Waals surface area (Å²) in [7, 11) is 1.57. The fourth-order valence-electron chi connectivity index (χ4n) is 3.77. The van der Waals surface area contributed by atoms with Gasteiger partial charge in [-0.05, 0) is 60.4 Å². The zero-order valence-corrected chi connectivity index (χ0v) is 19.6. The van der Waals surface area contributed by atoms with Gasteiger partial charge in [0.2, 0.25) is 5.91 Å². The number of methoxy groups -OCH3 is 1. The number of benzene rings is 1. The van der Waals surface area contributed by atoms with E-state index in [9.17, 15) is 14.4 Å². The van der Waals surface area contributed by atoms with Gasteiger partial charge in [0, 0.05) is 25.2 Å². The van der Waals surface area contributed by atoms with Crippen LogP contribution in [0.2, 0.25) is 0 Å². The van der Waals surface area contributed by atoms with Crippen LogP contribution in [0.5, 0.6) is 5.75 Å². The van der Waals surface area contributed by atoms with Crippen molar-refractivity contribution in [3.05, 3.63) is 52.2 Å².